The number of phosphoric acid groups is 2. The summed E-state index contributed by atoms with van der Waals surface area (Å²) in [5.74, 6) is -1.39. The zero-order valence-electron chi connectivity index (χ0n) is 58.3. The summed E-state index contributed by atoms with van der Waals surface area (Å²) in [6.45, 7) is 7.22. The van der Waals surface area contributed by atoms with Crippen LogP contribution in [0.1, 0.15) is 369 Å². The molecule has 17 nitrogen and oxygen atoms in total. The summed E-state index contributed by atoms with van der Waals surface area (Å²) in [7, 11) is -9.90. The van der Waals surface area contributed by atoms with Gasteiger partial charge in [0.15, 0.2) is 12.2 Å². The van der Waals surface area contributed by atoms with Crippen LogP contribution in [0.15, 0.2) is 0 Å². The van der Waals surface area contributed by atoms with Crippen molar-refractivity contribution >= 4 is 39.5 Å². The molecule has 0 spiro atoms. The first-order valence-corrected chi connectivity index (χ1v) is 40.2. The van der Waals surface area contributed by atoms with E-state index in [9.17, 15) is 43.2 Å². The molecule has 90 heavy (non-hydrogen) atoms. The van der Waals surface area contributed by atoms with Gasteiger partial charge in [-0.25, -0.2) is 9.13 Å². The van der Waals surface area contributed by atoms with Gasteiger partial charge in [-0.1, -0.05) is 317 Å². The van der Waals surface area contributed by atoms with Gasteiger partial charge in [-0.3, -0.25) is 37.3 Å². The zero-order chi connectivity index (χ0) is 66.3. The number of aliphatic hydroxyl groups excluding tert-OH is 1. The number of carbonyl (C=O) groups is 4. The van der Waals surface area contributed by atoms with E-state index >= 15 is 0 Å². The monoisotopic (exact) mass is 1320 g/mol. The molecule has 6 atom stereocenters. The van der Waals surface area contributed by atoms with Crippen molar-refractivity contribution in [1.29, 1.82) is 0 Å². The van der Waals surface area contributed by atoms with Crippen molar-refractivity contribution in [2.45, 2.75) is 387 Å². The third-order valence-corrected chi connectivity index (χ3v) is 18.8. The van der Waals surface area contributed by atoms with Crippen LogP contribution in [-0.2, 0) is 65.4 Å². The maximum Gasteiger partial charge on any atom is 0.472 e. The Kier molecular flexibility index (Phi) is 63.0. The van der Waals surface area contributed by atoms with E-state index in [0.717, 1.165) is 102 Å². The van der Waals surface area contributed by atoms with Gasteiger partial charge in [0, 0.05) is 25.7 Å². The van der Waals surface area contributed by atoms with Gasteiger partial charge in [0.2, 0.25) is 0 Å². The number of esters is 4. The van der Waals surface area contributed by atoms with Gasteiger partial charge in [-0.2, -0.15) is 0 Å². The predicted molar refractivity (Wildman–Crippen MR) is 363 cm³/mol. The largest absolute Gasteiger partial charge is 0.472 e. The maximum atomic E-state index is 13.0. The van der Waals surface area contributed by atoms with E-state index < -0.39 is 97.5 Å². The number of hydrogen-bond acceptors (Lipinski definition) is 15. The van der Waals surface area contributed by atoms with Crippen molar-refractivity contribution in [2.24, 2.45) is 5.92 Å². The van der Waals surface area contributed by atoms with Crippen LogP contribution in [0.3, 0.4) is 0 Å². The van der Waals surface area contributed by atoms with Crippen molar-refractivity contribution in [2.75, 3.05) is 39.6 Å². The van der Waals surface area contributed by atoms with Crippen LogP contribution in [0.5, 0.6) is 0 Å². The first-order chi connectivity index (χ1) is 43.6. The van der Waals surface area contributed by atoms with Gasteiger partial charge in [0.25, 0.3) is 0 Å². The summed E-state index contributed by atoms with van der Waals surface area (Å²) in [5, 5.41) is 10.6. The number of unbranched alkanes of at least 4 members (excludes halogenated alkanes) is 42. The molecule has 19 heteroatoms. The van der Waals surface area contributed by atoms with Crippen LogP contribution in [0.2, 0.25) is 0 Å². The van der Waals surface area contributed by atoms with Gasteiger partial charge < -0.3 is 33.8 Å². The first-order valence-electron chi connectivity index (χ1n) is 37.2. The minimum atomic E-state index is -4.95. The van der Waals surface area contributed by atoms with E-state index in [1.807, 2.05) is 0 Å². The van der Waals surface area contributed by atoms with Gasteiger partial charge in [0.05, 0.1) is 26.4 Å². The van der Waals surface area contributed by atoms with E-state index in [2.05, 4.69) is 34.6 Å². The molecule has 0 aliphatic rings. The van der Waals surface area contributed by atoms with Gasteiger partial charge in [0.1, 0.15) is 19.3 Å². The lowest BCUT2D eigenvalue weighted by Crippen LogP contribution is -2.30. The van der Waals surface area contributed by atoms with Gasteiger partial charge in [-0.05, 0) is 31.6 Å². The highest BCUT2D eigenvalue weighted by molar-refractivity contribution is 7.47. The number of rotatable bonds is 71. The summed E-state index contributed by atoms with van der Waals surface area (Å²) in [6.07, 6.45) is 51.2. The van der Waals surface area contributed by atoms with E-state index in [1.165, 1.54) is 186 Å². The van der Waals surface area contributed by atoms with Crippen LogP contribution in [-0.4, -0.2) is 96.7 Å². The van der Waals surface area contributed by atoms with Gasteiger partial charge in [-0.15, -0.1) is 0 Å². The minimum absolute atomic E-state index is 0.106. The van der Waals surface area contributed by atoms with Crippen molar-refractivity contribution in [3.8, 4) is 0 Å². The van der Waals surface area contributed by atoms with Crippen molar-refractivity contribution in [3.63, 3.8) is 0 Å². The molecule has 0 saturated carbocycles. The summed E-state index contributed by atoms with van der Waals surface area (Å²) >= 11 is 0. The van der Waals surface area contributed by atoms with E-state index in [4.69, 9.17) is 37.0 Å². The molecule has 0 saturated heterocycles. The minimum Gasteiger partial charge on any atom is -0.462 e. The van der Waals surface area contributed by atoms with E-state index in [1.54, 1.807) is 0 Å². The lowest BCUT2D eigenvalue weighted by Gasteiger charge is -2.21. The third-order valence-electron chi connectivity index (χ3n) is 16.9. The SMILES string of the molecule is CCCCCCCCCCCCCCCCCCC(=O)O[C@H](COC(=O)CCCCCCCCCCCCCCC)COP(=O)(O)OC[C@@H](O)COP(=O)(O)OC[C@@H](COC(=O)CCCCCCCCC(C)CC)OC(=O)CCCCCCCCCCCCC. The molecule has 3 N–H and O–H groups in total. The number of carbonyl (C=O) groups excluding carboxylic acids is 4. The molecule has 0 aromatic rings. The number of ether oxygens (including phenoxy) is 4. The second-order valence-corrected chi connectivity index (χ2v) is 28.8. The molecule has 534 valence electrons. The molecule has 0 aromatic heterocycles. The van der Waals surface area contributed by atoms with Crippen molar-refractivity contribution < 1.29 is 80.2 Å². The van der Waals surface area contributed by atoms with Crippen LogP contribution >= 0.6 is 15.6 Å². The normalized spacial score (nSPS) is 14.4. The number of aliphatic hydroxyl groups is 1. The Morgan fingerprint density at radius 3 is 0.789 bits per heavy atom. The maximum absolute atomic E-state index is 13.0. The van der Waals surface area contributed by atoms with E-state index in [0.29, 0.717) is 25.7 Å². The molecule has 3 unspecified atom stereocenters. The predicted octanol–water partition coefficient (Wildman–Crippen LogP) is 20.5. The van der Waals surface area contributed by atoms with Crippen molar-refractivity contribution in [3.05, 3.63) is 0 Å². The van der Waals surface area contributed by atoms with Crippen LogP contribution in [0.4, 0.5) is 0 Å². The Balaban J connectivity index is 5.24. The second-order valence-electron chi connectivity index (χ2n) is 25.9. The third kappa shape index (κ3) is 63.5. The average molecular weight is 1330 g/mol. The molecule has 0 bridgehead atoms. The van der Waals surface area contributed by atoms with Crippen LogP contribution < -0.4 is 0 Å². The van der Waals surface area contributed by atoms with Crippen LogP contribution in [0, 0.1) is 5.92 Å². The molecule has 0 amide bonds. The molecule has 0 fully saturated rings. The highest BCUT2D eigenvalue weighted by Crippen LogP contribution is 2.45. The molecule has 0 aliphatic carbocycles. The van der Waals surface area contributed by atoms with Crippen LogP contribution in [0.25, 0.3) is 0 Å². The zero-order valence-corrected chi connectivity index (χ0v) is 60.1. The molecule has 0 heterocycles. The molecule has 0 rings (SSSR count). The Morgan fingerprint density at radius 2 is 0.533 bits per heavy atom. The number of phosphoric ester groups is 2. The quantitative estimate of drug-likeness (QED) is 0.0222. The fraction of sp³-hybridized carbons (Fsp3) is 0.944. The fourth-order valence-corrected chi connectivity index (χ4v) is 12.4. The van der Waals surface area contributed by atoms with E-state index in [-0.39, 0.29) is 25.7 Å². The molecule has 0 aliphatic heterocycles. The summed E-state index contributed by atoms with van der Waals surface area (Å²) in [6, 6.07) is 0. The molecule has 0 aromatic carbocycles. The molecular weight excluding hydrogens is 1190 g/mol. The standard InChI is InChI=1S/C71H138O17P2/c1-6-10-13-16-19-22-25-27-28-29-31-34-37-40-47-52-57-71(76)87-66(60-81-68(73)54-49-44-38-35-33-30-26-23-20-17-14-11-7-2)62-85-89(77,78)83-58-65(72)59-84-90(79,80)86-63-67(61-82-69(74)55-50-45-42-41-43-48-53-64(5)9-4)88-70(75)56-51-46-39-36-32-24-21-18-15-12-8-3/h64-67,72H,6-63H2,1-5H3,(H,77,78)(H,79,80)/t64?,65-,66-,67-/m1/s1. The summed E-state index contributed by atoms with van der Waals surface area (Å²) in [4.78, 5) is 72.6. The summed E-state index contributed by atoms with van der Waals surface area (Å²) in [5.41, 5.74) is 0. The Bertz CT molecular complexity index is 1740. The second kappa shape index (κ2) is 64.4. The van der Waals surface area contributed by atoms with Crippen molar-refractivity contribution in [1.82, 2.24) is 0 Å². The Morgan fingerprint density at radius 1 is 0.311 bits per heavy atom. The summed E-state index contributed by atoms with van der Waals surface area (Å²) < 4.78 is 68.3. The highest BCUT2D eigenvalue weighted by atomic mass is 31.2. The fourth-order valence-electron chi connectivity index (χ4n) is 10.8. The molecular formula is C71H138O17P2. The lowest BCUT2D eigenvalue weighted by molar-refractivity contribution is -0.161. The average Bonchev–Trinajstić information content (AvgIpc) is 3.70. The van der Waals surface area contributed by atoms with Gasteiger partial charge >= 0.3 is 39.5 Å². The first kappa shape index (κ1) is 88.1. The lowest BCUT2D eigenvalue weighted by atomic mass is 10.00. The number of hydrogen-bond donors (Lipinski definition) is 3. The Labute approximate surface area is 549 Å². The topological polar surface area (TPSA) is 237 Å². The molecule has 0 radical (unpaired) electrons. The highest BCUT2D eigenvalue weighted by Gasteiger charge is 2.30. The Hall–Kier alpha value is -1.94. The smallest absolute Gasteiger partial charge is 0.462 e.